The zero-order valence-corrected chi connectivity index (χ0v) is 12.9. The number of urea groups is 1. The van der Waals surface area contributed by atoms with E-state index in [9.17, 15) is 4.79 Å². The molecule has 0 radical (unpaired) electrons. The number of nitrogens with one attached hydrogen (secondary N) is 1. The molecule has 0 atom stereocenters. The van der Waals surface area contributed by atoms with Gasteiger partial charge < -0.3 is 10.2 Å². The molecule has 21 heavy (non-hydrogen) atoms. The molecule has 0 spiro atoms. The molecular weight excluding hydrogens is 282 g/mol. The highest BCUT2D eigenvalue weighted by atomic mass is 32.2. The van der Waals surface area contributed by atoms with Crippen LogP contribution in [0.15, 0.2) is 36.5 Å². The van der Waals surface area contributed by atoms with Gasteiger partial charge in [0.25, 0.3) is 0 Å². The molecule has 2 heterocycles. The minimum atomic E-state index is -0.0387. The lowest BCUT2D eigenvalue weighted by Gasteiger charge is -2.31. The summed E-state index contributed by atoms with van der Waals surface area (Å²) in [4.78, 5) is 18.6. The maximum Gasteiger partial charge on any atom is 0.321 e. The van der Waals surface area contributed by atoms with Crippen molar-refractivity contribution in [3.05, 3.63) is 36.5 Å². The Kier molecular flexibility index (Phi) is 4.29. The second-order valence-corrected chi connectivity index (χ2v) is 6.49. The first-order chi connectivity index (χ1) is 10.3. The Hall–Kier alpha value is -1.75. The minimum Gasteiger partial charge on any atom is -0.325 e. The van der Waals surface area contributed by atoms with Crippen molar-refractivity contribution in [3.63, 3.8) is 0 Å². The Labute approximate surface area is 128 Å². The van der Waals surface area contributed by atoms with Gasteiger partial charge in [-0.15, -0.1) is 0 Å². The largest absolute Gasteiger partial charge is 0.325 e. The van der Waals surface area contributed by atoms with Gasteiger partial charge in [0, 0.05) is 24.7 Å². The predicted octanol–water partition coefficient (Wildman–Crippen LogP) is 3.59. The number of anilines is 1. The topological polar surface area (TPSA) is 45.2 Å². The molecule has 0 bridgehead atoms. The van der Waals surface area contributed by atoms with E-state index < -0.39 is 0 Å². The fourth-order valence-corrected chi connectivity index (χ4v) is 3.74. The lowest BCUT2D eigenvalue weighted by atomic mass is 10.1. The van der Waals surface area contributed by atoms with E-state index in [4.69, 9.17) is 0 Å². The summed E-state index contributed by atoms with van der Waals surface area (Å²) in [6.45, 7) is 0. The highest BCUT2D eigenvalue weighted by Crippen LogP contribution is 2.24. The first kappa shape index (κ1) is 14.2. The maximum absolute atomic E-state index is 12.4. The third kappa shape index (κ3) is 3.13. The van der Waals surface area contributed by atoms with E-state index in [1.165, 1.54) is 0 Å². The first-order valence-corrected chi connectivity index (χ1v) is 8.36. The molecule has 2 amide bonds. The molecule has 110 valence electrons. The zero-order chi connectivity index (χ0) is 14.7. The molecule has 1 aromatic carbocycles. The number of thioether (sulfide) groups is 1. The lowest BCUT2D eigenvalue weighted by Crippen LogP contribution is -2.41. The standard InChI is InChI=1S/C16H19N3OS/c1-19(12-7-10-21-11-8-12)16(20)18-15-6-2-5-14-13(15)4-3-9-17-14/h2-6,9,12H,7-8,10-11H2,1H3,(H,18,20). The van der Waals surface area contributed by atoms with Crippen molar-refractivity contribution >= 4 is 34.4 Å². The number of rotatable bonds is 2. The molecule has 1 fully saturated rings. The molecule has 0 aliphatic carbocycles. The van der Waals surface area contributed by atoms with E-state index >= 15 is 0 Å². The van der Waals surface area contributed by atoms with E-state index in [0.29, 0.717) is 6.04 Å². The molecule has 1 aliphatic rings. The third-order valence-electron chi connectivity index (χ3n) is 3.95. The van der Waals surface area contributed by atoms with Crippen LogP contribution in [0.4, 0.5) is 10.5 Å². The average molecular weight is 301 g/mol. The first-order valence-electron chi connectivity index (χ1n) is 7.21. The van der Waals surface area contributed by atoms with Crippen LogP contribution in [-0.2, 0) is 0 Å². The number of benzene rings is 1. The van der Waals surface area contributed by atoms with Crippen LogP contribution >= 0.6 is 11.8 Å². The number of hydrogen-bond acceptors (Lipinski definition) is 3. The molecule has 4 nitrogen and oxygen atoms in total. The lowest BCUT2D eigenvalue weighted by molar-refractivity contribution is 0.200. The molecule has 2 aromatic rings. The van der Waals surface area contributed by atoms with E-state index in [1.807, 2.05) is 54.0 Å². The zero-order valence-electron chi connectivity index (χ0n) is 12.1. The number of amides is 2. The van der Waals surface area contributed by atoms with Crippen molar-refractivity contribution in [2.75, 3.05) is 23.9 Å². The quantitative estimate of drug-likeness (QED) is 0.922. The fourth-order valence-electron chi connectivity index (χ4n) is 2.65. The minimum absolute atomic E-state index is 0.0387. The van der Waals surface area contributed by atoms with Gasteiger partial charge in [-0.05, 0) is 48.6 Å². The summed E-state index contributed by atoms with van der Waals surface area (Å²) >= 11 is 1.97. The van der Waals surface area contributed by atoms with Crippen LogP contribution in [0.2, 0.25) is 0 Å². The van der Waals surface area contributed by atoms with Crippen molar-refractivity contribution < 1.29 is 4.79 Å². The highest BCUT2D eigenvalue weighted by molar-refractivity contribution is 7.99. The number of carbonyl (C=O) groups excluding carboxylic acids is 1. The molecular formula is C16H19N3OS. The Morgan fingerprint density at radius 3 is 2.90 bits per heavy atom. The van der Waals surface area contributed by atoms with Crippen LogP contribution in [-0.4, -0.2) is 40.5 Å². The summed E-state index contributed by atoms with van der Waals surface area (Å²) < 4.78 is 0. The van der Waals surface area contributed by atoms with Crippen molar-refractivity contribution in [3.8, 4) is 0 Å². The molecule has 3 rings (SSSR count). The fraction of sp³-hybridized carbons (Fsp3) is 0.375. The number of nitrogens with zero attached hydrogens (tertiary/aromatic N) is 2. The Morgan fingerprint density at radius 1 is 1.29 bits per heavy atom. The average Bonchev–Trinajstić information content (AvgIpc) is 2.55. The van der Waals surface area contributed by atoms with Gasteiger partial charge in [-0.2, -0.15) is 11.8 Å². The second-order valence-electron chi connectivity index (χ2n) is 5.26. The number of pyridine rings is 1. The van der Waals surface area contributed by atoms with Gasteiger partial charge >= 0.3 is 6.03 Å². The van der Waals surface area contributed by atoms with E-state index in [0.717, 1.165) is 40.9 Å². The van der Waals surface area contributed by atoms with Crippen LogP contribution in [0.1, 0.15) is 12.8 Å². The third-order valence-corrected chi connectivity index (χ3v) is 4.99. The molecule has 1 aromatic heterocycles. The van der Waals surface area contributed by atoms with Gasteiger partial charge in [0.2, 0.25) is 0 Å². The monoisotopic (exact) mass is 301 g/mol. The molecule has 1 aliphatic heterocycles. The van der Waals surface area contributed by atoms with Crippen LogP contribution in [0.3, 0.4) is 0 Å². The Balaban J connectivity index is 1.76. The van der Waals surface area contributed by atoms with Gasteiger partial charge in [-0.25, -0.2) is 4.79 Å². The Morgan fingerprint density at radius 2 is 2.10 bits per heavy atom. The van der Waals surface area contributed by atoms with Gasteiger partial charge in [0.15, 0.2) is 0 Å². The molecule has 1 N–H and O–H groups in total. The van der Waals surface area contributed by atoms with E-state index in [2.05, 4.69) is 10.3 Å². The number of fused-ring (bicyclic) bond motifs is 1. The predicted molar refractivity (Wildman–Crippen MR) is 88.9 cm³/mol. The van der Waals surface area contributed by atoms with Crippen molar-refractivity contribution in [2.24, 2.45) is 0 Å². The Bertz CT molecular complexity index is 635. The maximum atomic E-state index is 12.4. The summed E-state index contributed by atoms with van der Waals surface area (Å²) in [6, 6.07) is 9.97. The van der Waals surface area contributed by atoms with Gasteiger partial charge in [0.05, 0.1) is 11.2 Å². The smallest absolute Gasteiger partial charge is 0.321 e. The summed E-state index contributed by atoms with van der Waals surface area (Å²) in [5.41, 5.74) is 1.72. The van der Waals surface area contributed by atoms with Crippen molar-refractivity contribution in [2.45, 2.75) is 18.9 Å². The van der Waals surface area contributed by atoms with Crippen molar-refractivity contribution in [1.29, 1.82) is 0 Å². The number of hydrogen-bond donors (Lipinski definition) is 1. The van der Waals surface area contributed by atoms with Crippen LogP contribution in [0.5, 0.6) is 0 Å². The summed E-state index contributed by atoms with van der Waals surface area (Å²) in [6.07, 6.45) is 3.91. The SMILES string of the molecule is CN(C(=O)Nc1cccc2ncccc12)C1CCSCC1. The molecule has 0 unspecified atom stereocenters. The summed E-state index contributed by atoms with van der Waals surface area (Å²) in [5, 5.41) is 4.00. The summed E-state index contributed by atoms with van der Waals surface area (Å²) in [5.74, 6) is 2.28. The second kappa shape index (κ2) is 6.35. The van der Waals surface area contributed by atoms with Crippen molar-refractivity contribution in [1.82, 2.24) is 9.88 Å². The summed E-state index contributed by atoms with van der Waals surface area (Å²) in [7, 11) is 1.89. The van der Waals surface area contributed by atoms with Gasteiger partial charge in [-0.3, -0.25) is 4.98 Å². The molecule has 5 heteroatoms. The van der Waals surface area contributed by atoms with E-state index in [-0.39, 0.29) is 6.03 Å². The highest BCUT2D eigenvalue weighted by Gasteiger charge is 2.22. The normalized spacial score (nSPS) is 15.9. The van der Waals surface area contributed by atoms with Gasteiger partial charge in [0.1, 0.15) is 0 Å². The van der Waals surface area contributed by atoms with E-state index in [1.54, 1.807) is 6.20 Å². The van der Waals surface area contributed by atoms with Gasteiger partial charge in [-0.1, -0.05) is 6.07 Å². The number of carbonyl (C=O) groups is 1. The van der Waals surface area contributed by atoms with Crippen LogP contribution < -0.4 is 5.32 Å². The molecule has 1 saturated heterocycles. The number of aromatic nitrogens is 1. The van der Waals surface area contributed by atoms with Crippen LogP contribution in [0.25, 0.3) is 10.9 Å². The molecule has 0 saturated carbocycles. The van der Waals surface area contributed by atoms with Crippen LogP contribution in [0, 0.1) is 0 Å².